The minimum atomic E-state index is 0.156. The summed E-state index contributed by atoms with van der Waals surface area (Å²) in [5, 5.41) is 0. The number of amides is 1. The molecule has 1 aromatic heterocycles. The molecule has 0 radical (unpaired) electrons. The molecule has 1 atom stereocenters. The van der Waals surface area contributed by atoms with Gasteiger partial charge in [0.15, 0.2) is 0 Å². The van der Waals surface area contributed by atoms with E-state index in [1.165, 1.54) is 11.1 Å². The van der Waals surface area contributed by atoms with Gasteiger partial charge in [0.25, 0.3) is 0 Å². The van der Waals surface area contributed by atoms with E-state index in [1.807, 2.05) is 32.6 Å². The number of likely N-dealkylation sites (N-methyl/N-ethyl adjacent to an activating group) is 1. The van der Waals surface area contributed by atoms with Crippen LogP contribution in [0.1, 0.15) is 79.9 Å². The molecular weight excluding hydrogens is 384 g/mol. The van der Waals surface area contributed by atoms with E-state index in [-0.39, 0.29) is 5.91 Å². The predicted molar refractivity (Wildman–Crippen MR) is 126 cm³/mol. The van der Waals surface area contributed by atoms with Gasteiger partial charge in [0, 0.05) is 49.0 Å². The van der Waals surface area contributed by atoms with Gasteiger partial charge in [-0.2, -0.15) is 0 Å². The zero-order valence-electron chi connectivity index (χ0n) is 20.1. The van der Waals surface area contributed by atoms with Gasteiger partial charge in [-0.15, -0.1) is 0 Å². The highest BCUT2D eigenvalue weighted by atomic mass is 16.2. The van der Waals surface area contributed by atoms with E-state index in [0.717, 1.165) is 61.9 Å². The normalized spacial score (nSPS) is 16.8. The number of carbonyl (C=O) groups is 1. The van der Waals surface area contributed by atoms with Gasteiger partial charge in [0.05, 0.1) is 6.42 Å². The first-order valence-electron chi connectivity index (χ1n) is 11.7. The molecule has 168 valence electrons. The molecule has 0 bridgehead atoms. The molecule has 1 aliphatic rings. The zero-order chi connectivity index (χ0) is 22.5. The molecule has 2 heterocycles. The van der Waals surface area contributed by atoms with Crippen LogP contribution in [0.4, 0.5) is 0 Å². The molecule has 0 spiro atoms. The number of benzene rings is 1. The highest BCUT2D eigenvalue weighted by Gasteiger charge is 2.27. The summed E-state index contributed by atoms with van der Waals surface area (Å²) in [7, 11) is 0. The second kappa shape index (κ2) is 10.4. The van der Waals surface area contributed by atoms with Crippen molar-refractivity contribution >= 4 is 5.91 Å². The van der Waals surface area contributed by atoms with Crippen molar-refractivity contribution in [1.29, 1.82) is 0 Å². The molecule has 1 fully saturated rings. The summed E-state index contributed by atoms with van der Waals surface area (Å²) in [5.74, 6) is 2.02. The first kappa shape index (κ1) is 23.4. The van der Waals surface area contributed by atoms with Gasteiger partial charge in [0.2, 0.25) is 5.91 Å². The van der Waals surface area contributed by atoms with Crippen molar-refractivity contribution in [3.05, 3.63) is 58.2 Å². The smallest absolute Gasteiger partial charge is 0.227 e. The van der Waals surface area contributed by atoms with Crippen LogP contribution in [0.25, 0.3) is 0 Å². The van der Waals surface area contributed by atoms with Gasteiger partial charge in [-0.1, -0.05) is 38.1 Å². The Morgan fingerprint density at radius 3 is 2.26 bits per heavy atom. The predicted octanol–water partition coefficient (Wildman–Crippen LogP) is 4.62. The summed E-state index contributed by atoms with van der Waals surface area (Å²) < 4.78 is 0. The molecule has 0 saturated carbocycles. The number of likely N-dealkylation sites (tertiary alicyclic amines) is 1. The molecule has 5 heteroatoms. The van der Waals surface area contributed by atoms with Gasteiger partial charge < -0.3 is 4.90 Å². The van der Waals surface area contributed by atoms with E-state index in [1.54, 1.807) is 0 Å². The molecule has 0 aliphatic carbocycles. The Labute approximate surface area is 187 Å². The second-order valence-corrected chi connectivity index (χ2v) is 9.09. The van der Waals surface area contributed by atoms with Crippen LogP contribution in [-0.2, 0) is 17.8 Å². The number of aryl methyl sites for hydroxylation is 2. The van der Waals surface area contributed by atoms with Crippen molar-refractivity contribution in [1.82, 2.24) is 19.8 Å². The van der Waals surface area contributed by atoms with Gasteiger partial charge in [-0.05, 0) is 57.7 Å². The van der Waals surface area contributed by atoms with Crippen molar-refractivity contribution in [2.75, 3.05) is 26.2 Å². The number of aromatic nitrogens is 2. The van der Waals surface area contributed by atoms with Crippen LogP contribution in [0.15, 0.2) is 24.3 Å². The average Bonchev–Trinajstić information content (AvgIpc) is 3.20. The second-order valence-electron chi connectivity index (χ2n) is 9.09. The van der Waals surface area contributed by atoms with Crippen LogP contribution in [0.2, 0.25) is 0 Å². The Balaban J connectivity index is 1.65. The minimum absolute atomic E-state index is 0.156. The highest BCUT2D eigenvalue weighted by molar-refractivity contribution is 5.79. The summed E-state index contributed by atoms with van der Waals surface area (Å²) in [4.78, 5) is 26.6. The first-order valence-corrected chi connectivity index (χ1v) is 11.7. The van der Waals surface area contributed by atoms with E-state index in [4.69, 9.17) is 9.97 Å². The molecule has 1 saturated heterocycles. The van der Waals surface area contributed by atoms with Crippen LogP contribution in [0, 0.1) is 13.8 Å². The van der Waals surface area contributed by atoms with E-state index in [2.05, 4.69) is 43.0 Å². The maximum absolute atomic E-state index is 12.6. The Kier molecular flexibility index (Phi) is 7.82. The SMILES string of the molecule is CCN(CC)C(=O)Cc1c(C)nc(C2CCN(Cc3ccc(C(C)C)cc3)C2)nc1C. The molecule has 0 N–H and O–H groups in total. The Hall–Kier alpha value is -2.27. The van der Waals surface area contributed by atoms with Gasteiger partial charge >= 0.3 is 0 Å². The molecule has 1 unspecified atom stereocenters. The minimum Gasteiger partial charge on any atom is -0.343 e. The summed E-state index contributed by atoms with van der Waals surface area (Å²) in [5.41, 5.74) is 5.64. The summed E-state index contributed by atoms with van der Waals surface area (Å²) in [6.07, 6.45) is 1.48. The number of hydrogen-bond acceptors (Lipinski definition) is 4. The number of rotatable bonds is 8. The quantitative estimate of drug-likeness (QED) is 0.623. The Bertz CT molecular complexity index is 864. The lowest BCUT2D eigenvalue weighted by Crippen LogP contribution is -2.32. The lowest BCUT2D eigenvalue weighted by molar-refractivity contribution is -0.130. The summed E-state index contributed by atoms with van der Waals surface area (Å²) in [6.45, 7) is 17.1. The molecular formula is C26H38N4O. The molecule has 31 heavy (non-hydrogen) atoms. The van der Waals surface area contributed by atoms with Crippen LogP contribution in [-0.4, -0.2) is 51.9 Å². The third-order valence-electron chi connectivity index (χ3n) is 6.57. The largest absolute Gasteiger partial charge is 0.343 e. The zero-order valence-corrected chi connectivity index (χ0v) is 20.1. The lowest BCUT2D eigenvalue weighted by atomic mass is 10.0. The fourth-order valence-electron chi connectivity index (χ4n) is 4.50. The van der Waals surface area contributed by atoms with Crippen molar-refractivity contribution in [3.8, 4) is 0 Å². The highest BCUT2D eigenvalue weighted by Crippen LogP contribution is 2.27. The standard InChI is InChI=1S/C26H38N4O/c1-7-30(8-2)25(31)15-24-19(5)27-26(28-20(24)6)23-13-14-29(17-23)16-21-9-11-22(12-10-21)18(3)4/h9-12,18,23H,7-8,13-17H2,1-6H3. The molecule has 1 aliphatic heterocycles. The van der Waals surface area contributed by atoms with Gasteiger partial charge in [-0.3, -0.25) is 9.69 Å². The Morgan fingerprint density at radius 1 is 1.10 bits per heavy atom. The molecule has 3 rings (SSSR count). The number of carbonyl (C=O) groups excluding carboxylic acids is 1. The van der Waals surface area contributed by atoms with Crippen molar-refractivity contribution in [3.63, 3.8) is 0 Å². The third kappa shape index (κ3) is 5.70. The monoisotopic (exact) mass is 422 g/mol. The van der Waals surface area contributed by atoms with Crippen LogP contribution in [0.3, 0.4) is 0 Å². The number of hydrogen-bond donors (Lipinski definition) is 0. The fraction of sp³-hybridized carbons (Fsp3) is 0.577. The maximum atomic E-state index is 12.6. The van der Waals surface area contributed by atoms with Gasteiger partial charge in [-0.25, -0.2) is 9.97 Å². The third-order valence-corrected chi connectivity index (χ3v) is 6.57. The first-order chi connectivity index (χ1) is 14.8. The number of nitrogens with zero attached hydrogens (tertiary/aromatic N) is 4. The van der Waals surface area contributed by atoms with Crippen LogP contribution in [0.5, 0.6) is 0 Å². The van der Waals surface area contributed by atoms with E-state index >= 15 is 0 Å². The summed E-state index contributed by atoms with van der Waals surface area (Å²) >= 11 is 0. The maximum Gasteiger partial charge on any atom is 0.227 e. The Morgan fingerprint density at radius 2 is 1.71 bits per heavy atom. The van der Waals surface area contributed by atoms with E-state index < -0.39 is 0 Å². The average molecular weight is 423 g/mol. The van der Waals surface area contributed by atoms with Crippen molar-refractivity contribution in [2.45, 2.75) is 72.8 Å². The van der Waals surface area contributed by atoms with E-state index in [0.29, 0.717) is 18.3 Å². The molecule has 1 amide bonds. The summed E-state index contributed by atoms with van der Waals surface area (Å²) in [6, 6.07) is 9.02. The molecule has 1 aromatic carbocycles. The fourth-order valence-corrected chi connectivity index (χ4v) is 4.50. The molecule has 2 aromatic rings. The van der Waals surface area contributed by atoms with Crippen molar-refractivity contribution in [2.24, 2.45) is 0 Å². The van der Waals surface area contributed by atoms with E-state index in [9.17, 15) is 4.79 Å². The lowest BCUT2D eigenvalue weighted by Gasteiger charge is -2.20. The van der Waals surface area contributed by atoms with Crippen LogP contribution >= 0.6 is 0 Å². The van der Waals surface area contributed by atoms with Crippen LogP contribution < -0.4 is 0 Å². The topological polar surface area (TPSA) is 49.3 Å². The van der Waals surface area contributed by atoms with Crippen molar-refractivity contribution < 1.29 is 4.79 Å². The molecule has 5 nitrogen and oxygen atoms in total. The van der Waals surface area contributed by atoms with Gasteiger partial charge in [0.1, 0.15) is 5.82 Å².